The van der Waals surface area contributed by atoms with Gasteiger partial charge in [0.2, 0.25) is 0 Å². The van der Waals surface area contributed by atoms with Gasteiger partial charge in [-0.05, 0) is 50.4 Å². The number of nitrogens with zero attached hydrogens (tertiary/aromatic N) is 1. The van der Waals surface area contributed by atoms with Gasteiger partial charge in [0, 0.05) is 31.8 Å². The summed E-state index contributed by atoms with van der Waals surface area (Å²) in [4.78, 5) is 2.65. The van der Waals surface area contributed by atoms with Crippen LogP contribution in [0.25, 0.3) is 0 Å². The van der Waals surface area contributed by atoms with Crippen LogP contribution in [0.2, 0.25) is 0 Å². The van der Waals surface area contributed by atoms with Crippen molar-refractivity contribution in [3.8, 4) is 0 Å². The van der Waals surface area contributed by atoms with E-state index < -0.39 is 0 Å². The predicted molar refractivity (Wildman–Crippen MR) is 71.5 cm³/mol. The van der Waals surface area contributed by atoms with Crippen molar-refractivity contribution in [2.75, 3.05) is 19.8 Å². The summed E-state index contributed by atoms with van der Waals surface area (Å²) in [7, 11) is 0. The van der Waals surface area contributed by atoms with Crippen molar-refractivity contribution in [3.63, 3.8) is 0 Å². The lowest BCUT2D eigenvalue weighted by molar-refractivity contribution is -0.0288. The molecule has 0 aromatic rings. The fourth-order valence-electron chi connectivity index (χ4n) is 3.63. The van der Waals surface area contributed by atoms with Crippen molar-refractivity contribution >= 4 is 0 Å². The smallest absolute Gasteiger partial charge is 0.0605 e. The first-order valence-corrected chi connectivity index (χ1v) is 7.74. The van der Waals surface area contributed by atoms with Gasteiger partial charge in [-0.1, -0.05) is 6.92 Å². The molecule has 2 heterocycles. The molecule has 0 spiro atoms. The summed E-state index contributed by atoms with van der Waals surface area (Å²) in [5.74, 6) is 1.30. The first-order chi connectivity index (χ1) is 8.76. The molecule has 3 rings (SSSR count). The third-order valence-electron chi connectivity index (χ3n) is 4.94. The maximum absolute atomic E-state index is 9.21. The molecule has 3 fully saturated rings. The van der Waals surface area contributed by atoms with Crippen molar-refractivity contribution in [3.05, 3.63) is 0 Å². The lowest BCUT2D eigenvalue weighted by Crippen LogP contribution is -2.47. The van der Waals surface area contributed by atoms with Crippen molar-refractivity contribution in [2.24, 2.45) is 11.8 Å². The molecule has 0 aromatic carbocycles. The Kier molecular flexibility index (Phi) is 3.92. The van der Waals surface area contributed by atoms with Crippen LogP contribution in [0, 0.1) is 11.8 Å². The van der Waals surface area contributed by atoms with Crippen LogP contribution in [0.4, 0.5) is 0 Å². The molecule has 1 unspecified atom stereocenters. The van der Waals surface area contributed by atoms with E-state index in [4.69, 9.17) is 4.74 Å². The minimum absolute atomic E-state index is 0.317. The number of aliphatic hydroxyl groups excluding tert-OH is 1. The maximum atomic E-state index is 9.21. The highest BCUT2D eigenvalue weighted by Gasteiger charge is 2.41. The van der Waals surface area contributed by atoms with Gasteiger partial charge in [0.05, 0.1) is 6.10 Å². The van der Waals surface area contributed by atoms with E-state index in [0.717, 1.165) is 31.2 Å². The molecule has 3 aliphatic rings. The van der Waals surface area contributed by atoms with Crippen LogP contribution in [0.3, 0.4) is 0 Å². The van der Waals surface area contributed by atoms with Gasteiger partial charge < -0.3 is 9.84 Å². The van der Waals surface area contributed by atoms with Gasteiger partial charge in [-0.25, -0.2) is 0 Å². The normalized spacial score (nSPS) is 38.0. The molecule has 2 bridgehead atoms. The zero-order chi connectivity index (χ0) is 12.5. The first-order valence-electron chi connectivity index (χ1n) is 7.74. The van der Waals surface area contributed by atoms with Crippen LogP contribution in [-0.4, -0.2) is 48.0 Å². The molecule has 1 aliphatic carbocycles. The molecule has 3 heteroatoms. The molecule has 0 aromatic heterocycles. The molecule has 2 saturated heterocycles. The Morgan fingerprint density at radius 2 is 1.83 bits per heavy atom. The second-order valence-electron chi connectivity index (χ2n) is 6.74. The van der Waals surface area contributed by atoms with Crippen LogP contribution in [0.15, 0.2) is 0 Å². The van der Waals surface area contributed by atoms with Gasteiger partial charge in [-0.3, -0.25) is 4.90 Å². The average molecular weight is 253 g/mol. The Morgan fingerprint density at radius 1 is 1.17 bits per heavy atom. The summed E-state index contributed by atoms with van der Waals surface area (Å²) in [6.07, 6.45) is 8.42. The standard InChI is InChI=1S/C15H27NO2/c1-11(9-17)8-16-13-4-5-14(16)7-15(6-13)18-10-12-2-3-12/h11-15,17H,2-10H2,1H3/t11-,13-,14+,15?/m1/s1. The summed E-state index contributed by atoms with van der Waals surface area (Å²) in [5, 5.41) is 9.21. The summed E-state index contributed by atoms with van der Waals surface area (Å²) >= 11 is 0. The van der Waals surface area contributed by atoms with Crippen molar-refractivity contribution in [1.29, 1.82) is 0 Å². The van der Waals surface area contributed by atoms with Crippen LogP contribution in [-0.2, 0) is 4.74 Å². The average Bonchev–Trinajstić information content (AvgIpc) is 3.16. The summed E-state index contributed by atoms with van der Waals surface area (Å²) in [6, 6.07) is 1.45. The molecular formula is C15H27NO2. The Morgan fingerprint density at radius 3 is 2.39 bits per heavy atom. The van der Waals surface area contributed by atoms with E-state index in [1.54, 1.807) is 0 Å². The zero-order valence-electron chi connectivity index (χ0n) is 11.6. The topological polar surface area (TPSA) is 32.7 Å². The number of fused-ring (bicyclic) bond motifs is 2. The molecule has 0 amide bonds. The van der Waals surface area contributed by atoms with Crippen molar-refractivity contribution in [2.45, 2.75) is 63.6 Å². The molecule has 1 N–H and O–H groups in total. The number of ether oxygens (including phenoxy) is 1. The number of aliphatic hydroxyl groups is 1. The van der Waals surface area contributed by atoms with Crippen molar-refractivity contribution in [1.82, 2.24) is 4.90 Å². The van der Waals surface area contributed by atoms with Gasteiger partial charge in [-0.2, -0.15) is 0 Å². The van der Waals surface area contributed by atoms with Gasteiger partial charge in [-0.15, -0.1) is 0 Å². The van der Waals surface area contributed by atoms with Crippen LogP contribution in [0.5, 0.6) is 0 Å². The molecule has 3 nitrogen and oxygen atoms in total. The quantitative estimate of drug-likeness (QED) is 0.786. The van der Waals surface area contributed by atoms with Crippen LogP contribution < -0.4 is 0 Å². The molecular weight excluding hydrogens is 226 g/mol. The Labute approximate surface area is 110 Å². The van der Waals surface area contributed by atoms with Gasteiger partial charge in [0.25, 0.3) is 0 Å². The summed E-state index contributed by atoms with van der Waals surface area (Å²) in [5.41, 5.74) is 0. The minimum Gasteiger partial charge on any atom is -0.396 e. The third-order valence-corrected chi connectivity index (χ3v) is 4.94. The second-order valence-corrected chi connectivity index (χ2v) is 6.74. The monoisotopic (exact) mass is 253 g/mol. The van der Waals surface area contributed by atoms with E-state index in [-0.39, 0.29) is 0 Å². The van der Waals surface area contributed by atoms with Crippen molar-refractivity contribution < 1.29 is 9.84 Å². The minimum atomic E-state index is 0.317. The van der Waals surface area contributed by atoms with E-state index in [0.29, 0.717) is 18.6 Å². The van der Waals surface area contributed by atoms with E-state index in [1.165, 1.54) is 38.5 Å². The SMILES string of the molecule is C[C@@H](CO)CN1[C@@H]2CC[C@H]1CC(OCC1CC1)C2. The van der Waals surface area contributed by atoms with E-state index >= 15 is 0 Å². The fourth-order valence-corrected chi connectivity index (χ4v) is 3.63. The summed E-state index contributed by atoms with van der Waals surface area (Å²) in [6.45, 7) is 4.55. The highest BCUT2D eigenvalue weighted by molar-refractivity contribution is 4.96. The highest BCUT2D eigenvalue weighted by atomic mass is 16.5. The van der Waals surface area contributed by atoms with E-state index in [1.807, 2.05) is 0 Å². The second kappa shape index (κ2) is 5.48. The predicted octanol–water partition coefficient (Wildman–Crippen LogP) is 2.04. The molecule has 1 saturated carbocycles. The van der Waals surface area contributed by atoms with Gasteiger partial charge in [0.1, 0.15) is 0 Å². The molecule has 18 heavy (non-hydrogen) atoms. The highest BCUT2D eigenvalue weighted by Crippen LogP contribution is 2.38. The number of hydrogen-bond acceptors (Lipinski definition) is 3. The Balaban J connectivity index is 1.49. The van der Waals surface area contributed by atoms with Crippen LogP contribution >= 0.6 is 0 Å². The first kappa shape index (κ1) is 12.9. The van der Waals surface area contributed by atoms with E-state index in [9.17, 15) is 5.11 Å². The lowest BCUT2D eigenvalue weighted by atomic mass is 9.98. The Hall–Kier alpha value is -0.120. The van der Waals surface area contributed by atoms with Gasteiger partial charge >= 0.3 is 0 Å². The molecule has 0 radical (unpaired) electrons. The fraction of sp³-hybridized carbons (Fsp3) is 1.00. The molecule has 2 aliphatic heterocycles. The van der Waals surface area contributed by atoms with Crippen LogP contribution in [0.1, 0.15) is 45.4 Å². The number of piperidine rings is 1. The number of hydrogen-bond donors (Lipinski definition) is 1. The largest absolute Gasteiger partial charge is 0.396 e. The summed E-state index contributed by atoms with van der Waals surface area (Å²) < 4.78 is 6.09. The molecule has 4 atom stereocenters. The van der Waals surface area contributed by atoms with E-state index in [2.05, 4.69) is 11.8 Å². The third kappa shape index (κ3) is 2.89. The lowest BCUT2D eigenvalue weighted by Gasteiger charge is -2.40. The molecule has 104 valence electrons. The zero-order valence-corrected chi connectivity index (χ0v) is 11.6. The Bertz CT molecular complexity index is 266. The maximum Gasteiger partial charge on any atom is 0.0605 e. The van der Waals surface area contributed by atoms with Gasteiger partial charge in [0.15, 0.2) is 0 Å². The number of rotatable bonds is 6.